The molecule has 1 aliphatic rings. The average molecular weight is 346 g/mol. The lowest BCUT2D eigenvalue weighted by Gasteiger charge is -2.27. The predicted octanol–water partition coefficient (Wildman–Crippen LogP) is 1.90. The first-order valence-electron chi connectivity index (χ1n) is 7.70. The molecule has 0 fully saturated rings. The van der Waals surface area contributed by atoms with Crippen LogP contribution < -0.4 is 0 Å². The van der Waals surface area contributed by atoms with Gasteiger partial charge in [-0.1, -0.05) is 6.08 Å². The summed E-state index contributed by atoms with van der Waals surface area (Å²) in [6, 6.07) is 0. The Morgan fingerprint density at radius 1 is 1.50 bits per heavy atom. The second-order valence-electron chi connectivity index (χ2n) is 5.31. The molecule has 0 aliphatic carbocycles. The maximum atomic E-state index is 12.5. The minimum Gasteiger partial charge on any atom is -0.461 e. The van der Waals surface area contributed by atoms with Crippen LogP contribution in [0.2, 0.25) is 0 Å². The van der Waals surface area contributed by atoms with Crippen LogP contribution >= 0.6 is 11.3 Å². The monoisotopic (exact) mass is 346 g/mol. The topological polar surface area (TPSA) is 77.3 Å². The molecule has 126 valence electrons. The standard InChI is InChI=1S/C16H18N4O3S/c1-3-6-20-12-5-7-19(15(21)13-8-17-10-24-13)9-11(12)14(18-20)16(22)23-4-2/h3,8,10H,1,4-7,9H2,2H3. The summed E-state index contributed by atoms with van der Waals surface area (Å²) in [5.41, 5.74) is 3.65. The van der Waals surface area contributed by atoms with Gasteiger partial charge in [0.05, 0.1) is 31.4 Å². The number of fused-ring (bicyclic) bond motifs is 1. The molecule has 0 bridgehead atoms. The number of allylic oxidation sites excluding steroid dienone is 1. The number of rotatable bonds is 5. The number of esters is 1. The van der Waals surface area contributed by atoms with E-state index >= 15 is 0 Å². The Balaban J connectivity index is 1.92. The Labute approximate surface area is 143 Å². The zero-order chi connectivity index (χ0) is 17.1. The average Bonchev–Trinajstić information content (AvgIpc) is 3.23. The Morgan fingerprint density at radius 3 is 3.00 bits per heavy atom. The third kappa shape index (κ3) is 2.96. The molecule has 3 heterocycles. The molecule has 1 aliphatic heterocycles. The molecule has 7 nitrogen and oxygen atoms in total. The Hall–Kier alpha value is -2.48. The molecular weight excluding hydrogens is 328 g/mol. The Kier molecular flexibility index (Phi) is 4.75. The Bertz CT molecular complexity index is 767. The molecule has 0 aromatic carbocycles. The van der Waals surface area contributed by atoms with E-state index in [1.807, 2.05) is 0 Å². The van der Waals surface area contributed by atoms with Gasteiger partial charge >= 0.3 is 5.97 Å². The first kappa shape index (κ1) is 16.4. The lowest BCUT2D eigenvalue weighted by Crippen LogP contribution is -2.36. The van der Waals surface area contributed by atoms with Crippen LogP contribution in [0.4, 0.5) is 0 Å². The van der Waals surface area contributed by atoms with Crippen LogP contribution in [0.15, 0.2) is 24.4 Å². The van der Waals surface area contributed by atoms with Crippen molar-refractivity contribution in [1.29, 1.82) is 0 Å². The lowest BCUT2D eigenvalue weighted by atomic mass is 10.0. The number of hydrogen-bond donors (Lipinski definition) is 0. The van der Waals surface area contributed by atoms with E-state index in [2.05, 4.69) is 16.7 Å². The van der Waals surface area contributed by atoms with Crippen molar-refractivity contribution in [1.82, 2.24) is 19.7 Å². The van der Waals surface area contributed by atoms with Crippen molar-refractivity contribution < 1.29 is 14.3 Å². The molecule has 1 amide bonds. The van der Waals surface area contributed by atoms with Crippen molar-refractivity contribution in [2.75, 3.05) is 13.2 Å². The van der Waals surface area contributed by atoms with Crippen molar-refractivity contribution >= 4 is 23.2 Å². The minimum absolute atomic E-state index is 0.0746. The van der Waals surface area contributed by atoms with E-state index in [4.69, 9.17) is 4.74 Å². The number of hydrogen-bond acceptors (Lipinski definition) is 6. The van der Waals surface area contributed by atoms with Crippen molar-refractivity contribution in [2.24, 2.45) is 0 Å². The first-order chi connectivity index (χ1) is 11.7. The highest BCUT2D eigenvalue weighted by Gasteiger charge is 2.31. The number of thiazole rings is 1. The summed E-state index contributed by atoms with van der Waals surface area (Å²) in [4.78, 5) is 31.0. The fourth-order valence-corrected chi connectivity index (χ4v) is 3.37. The maximum absolute atomic E-state index is 12.5. The SMILES string of the molecule is C=CCn1nc(C(=O)OCC)c2c1CCN(C(=O)c1cncs1)C2. The van der Waals surface area contributed by atoms with Gasteiger partial charge in [0.1, 0.15) is 4.88 Å². The van der Waals surface area contributed by atoms with Gasteiger partial charge in [-0.05, 0) is 6.92 Å². The van der Waals surface area contributed by atoms with Gasteiger partial charge in [0.15, 0.2) is 5.69 Å². The highest BCUT2D eigenvalue weighted by atomic mass is 32.1. The molecular formula is C16H18N4O3S. The maximum Gasteiger partial charge on any atom is 0.359 e. The molecule has 3 rings (SSSR count). The number of carbonyl (C=O) groups excluding carboxylic acids is 2. The zero-order valence-corrected chi connectivity index (χ0v) is 14.2. The van der Waals surface area contributed by atoms with E-state index in [9.17, 15) is 9.59 Å². The fraction of sp³-hybridized carbons (Fsp3) is 0.375. The summed E-state index contributed by atoms with van der Waals surface area (Å²) in [7, 11) is 0. The van der Waals surface area contributed by atoms with Gasteiger partial charge in [-0.25, -0.2) is 4.79 Å². The second kappa shape index (κ2) is 6.96. The van der Waals surface area contributed by atoms with Gasteiger partial charge in [-0.2, -0.15) is 5.10 Å². The van der Waals surface area contributed by atoms with Crippen molar-refractivity contribution in [2.45, 2.75) is 26.4 Å². The van der Waals surface area contributed by atoms with Crippen LogP contribution in [0.3, 0.4) is 0 Å². The van der Waals surface area contributed by atoms with Gasteiger partial charge in [-0.3, -0.25) is 14.5 Å². The molecule has 0 saturated heterocycles. The highest BCUT2D eigenvalue weighted by molar-refractivity contribution is 7.11. The molecule has 0 saturated carbocycles. The summed E-state index contributed by atoms with van der Waals surface area (Å²) in [6.45, 7) is 7.20. The van der Waals surface area contributed by atoms with E-state index in [1.54, 1.807) is 34.3 Å². The minimum atomic E-state index is -0.455. The number of nitrogens with zero attached hydrogens (tertiary/aromatic N) is 4. The molecule has 8 heteroatoms. The lowest BCUT2D eigenvalue weighted by molar-refractivity contribution is 0.0513. The van der Waals surface area contributed by atoms with Crippen LogP contribution in [-0.4, -0.2) is 44.7 Å². The van der Waals surface area contributed by atoms with Gasteiger partial charge in [0.25, 0.3) is 5.91 Å². The first-order valence-corrected chi connectivity index (χ1v) is 8.58. The molecule has 0 radical (unpaired) electrons. The summed E-state index contributed by atoms with van der Waals surface area (Å²) in [5, 5.41) is 4.38. The second-order valence-corrected chi connectivity index (χ2v) is 6.19. The molecule has 0 N–H and O–H groups in total. The van der Waals surface area contributed by atoms with Crippen LogP contribution in [0, 0.1) is 0 Å². The quantitative estimate of drug-likeness (QED) is 0.610. The summed E-state index contributed by atoms with van der Waals surface area (Å²) in [6.07, 6.45) is 3.94. The number of carbonyl (C=O) groups is 2. The van der Waals surface area contributed by atoms with E-state index in [-0.39, 0.29) is 18.2 Å². The molecule has 2 aromatic rings. The van der Waals surface area contributed by atoms with E-state index < -0.39 is 5.97 Å². The molecule has 0 atom stereocenters. The third-order valence-corrected chi connectivity index (χ3v) is 4.60. The van der Waals surface area contributed by atoms with Crippen LogP contribution in [0.25, 0.3) is 0 Å². The van der Waals surface area contributed by atoms with Crippen molar-refractivity contribution in [3.8, 4) is 0 Å². The predicted molar refractivity (Wildman–Crippen MR) is 88.9 cm³/mol. The summed E-state index contributed by atoms with van der Waals surface area (Å²) in [5.74, 6) is -0.530. The highest BCUT2D eigenvalue weighted by Crippen LogP contribution is 2.25. The van der Waals surface area contributed by atoms with E-state index in [0.29, 0.717) is 30.9 Å². The van der Waals surface area contributed by atoms with Crippen LogP contribution in [-0.2, 0) is 24.2 Å². The molecule has 0 spiro atoms. The normalized spacial score (nSPS) is 13.5. The third-order valence-electron chi connectivity index (χ3n) is 3.84. The zero-order valence-electron chi connectivity index (χ0n) is 13.4. The van der Waals surface area contributed by atoms with Gasteiger partial charge in [0.2, 0.25) is 0 Å². The van der Waals surface area contributed by atoms with E-state index in [0.717, 1.165) is 11.3 Å². The smallest absolute Gasteiger partial charge is 0.359 e. The van der Waals surface area contributed by atoms with Crippen molar-refractivity contribution in [3.05, 3.63) is 46.2 Å². The van der Waals surface area contributed by atoms with Crippen LogP contribution in [0.1, 0.15) is 38.3 Å². The molecule has 0 unspecified atom stereocenters. The molecule has 2 aromatic heterocycles. The van der Waals surface area contributed by atoms with E-state index in [1.165, 1.54) is 11.3 Å². The van der Waals surface area contributed by atoms with Gasteiger partial charge in [0, 0.05) is 24.2 Å². The number of aromatic nitrogens is 3. The summed E-state index contributed by atoms with van der Waals surface area (Å²) >= 11 is 1.31. The van der Waals surface area contributed by atoms with Crippen LogP contribution in [0.5, 0.6) is 0 Å². The number of amides is 1. The molecule has 24 heavy (non-hydrogen) atoms. The van der Waals surface area contributed by atoms with Crippen molar-refractivity contribution in [3.63, 3.8) is 0 Å². The largest absolute Gasteiger partial charge is 0.461 e. The summed E-state index contributed by atoms with van der Waals surface area (Å²) < 4.78 is 6.87. The Morgan fingerprint density at radius 2 is 2.33 bits per heavy atom. The number of ether oxygens (including phenoxy) is 1. The fourth-order valence-electron chi connectivity index (χ4n) is 2.78. The van der Waals surface area contributed by atoms with Gasteiger partial charge < -0.3 is 9.64 Å². The van der Waals surface area contributed by atoms with Gasteiger partial charge in [-0.15, -0.1) is 17.9 Å².